The third-order valence-electron chi connectivity index (χ3n) is 5.72. The van der Waals surface area contributed by atoms with Gasteiger partial charge in [0.25, 0.3) is 0 Å². The fourth-order valence-corrected chi connectivity index (χ4v) is 4.06. The number of fused-ring (bicyclic) bond motifs is 1. The summed E-state index contributed by atoms with van der Waals surface area (Å²) in [6.07, 6.45) is 5.63. The largest absolute Gasteiger partial charge is 0.489 e. The van der Waals surface area contributed by atoms with E-state index in [1.807, 2.05) is 26.0 Å². The summed E-state index contributed by atoms with van der Waals surface area (Å²) in [5, 5.41) is 0.884. The Morgan fingerprint density at radius 1 is 0.889 bits per heavy atom. The second-order valence-corrected chi connectivity index (χ2v) is 9.95. The van der Waals surface area contributed by atoms with Gasteiger partial charge in [0.05, 0.1) is 25.0 Å². The number of aryl methyl sites for hydroxylation is 1. The SMILES string of the molecule is CCCOCCC.CCCOc1c(C(C)=O)c(C)c2ccoc2c1OCC(C)(C)Cc1ccccc1. The van der Waals surface area contributed by atoms with E-state index in [1.54, 1.807) is 13.2 Å². The lowest BCUT2D eigenvalue weighted by Gasteiger charge is -2.26. The van der Waals surface area contributed by atoms with E-state index in [0.717, 1.165) is 49.8 Å². The van der Waals surface area contributed by atoms with Crippen molar-refractivity contribution in [2.24, 2.45) is 5.41 Å². The highest BCUT2D eigenvalue weighted by Gasteiger charge is 2.27. The summed E-state index contributed by atoms with van der Waals surface area (Å²) in [6.45, 7) is 16.9. The van der Waals surface area contributed by atoms with Crippen molar-refractivity contribution >= 4 is 16.8 Å². The molecule has 0 saturated heterocycles. The minimum absolute atomic E-state index is 0.0369. The Labute approximate surface area is 217 Å². The average Bonchev–Trinajstić information content (AvgIpc) is 3.33. The van der Waals surface area contributed by atoms with Gasteiger partial charge in [-0.25, -0.2) is 0 Å². The molecular formula is C31H44O5. The van der Waals surface area contributed by atoms with Crippen LogP contribution in [0.15, 0.2) is 47.1 Å². The smallest absolute Gasteiger partial charge is 0.205 e. The zero-order chi connectivity index (χ0) is 26.6. The van der Waals surface area contributed by atoms with Gasteiger partial charge in [-0.05, 0) is 56.7 Å². The van der Waals surface area contributed by atoms with Gasteiger partial charge < -0.3 is 18.6 Å². The van der Waals surface area contributed by atoms with Crippen LogP contribution < -0.4 is 9.47 Å². The molecule has 5 nitrogen and oxygen atoms in total. The lowest BCUT2D eigenvalue weighted by atomic mass is 9.86. The fourth-order valence-electron chi connectivity index (χ4n) is 4.06. The molecular weight excluding hydrogens is 452 g/mol. The maximum atomic E-state index is 12.4. The van der Waals surface area contributed by atoms with Gasteiger partial charge in [0.15, 0.2) is 17.1 Å². The van der Waals surface area contributed by atoms with E-state index in [9.17, 15) is 4.79 Å². The van der Waals surface area contributed by atoms with Gasteiger partial charge in [0.2, 0.25) is 5.75 Å². The molecule has 3 rings (SSSR count). The average molecular weight is 497 g/mol. The van der Waals surface area contributed by atoms with Crippen LogP contribution in [0.2, 0.25) is 0 Å². The predicted octanol–water partition coefficient (Wildman–Crippen LogP) is 8.20. The highest BCUT2D eigenvalue weighted by Crippen LogP contribution is 2.43. The summed E-state index contributed by atoms with van der Waals surface area (Å²) in [5.41, 5.74) is 3.23. The van der Waals surface area contributed by atoms with Gasteiger partial charge in [0.1, 0.15) is 0 Å². The monoisotopic (exact) mass is 496 g/mol. The van der Waals surface area contributed by atoms with E-state index in [-0.39, 0.29) is 11.2 Å². The number of carbonyl (C=O) groups excluding carboxylic acids is 1. The molecule has 5 heteroatoms. The third kappa shape index (κ3) is 8.41. The highest BCUT2D eigenvalue weighted by atomic mass is 16.5. The number of ketones is 1. The Morgan fingerprint density at radius 3 is 2.11 bits per heavy atom. The minimum Gasteiger partial charge on any atom is -0.489 e. The van der Waals surface area contributed by atoms with Gasteiger partial charge in [0, 0.05) is 24.0 Å². The Morgan fingerprint density at radius 2 is 1.53 bits per heavy atom. The number of hydrogen-bond acceptors (Lipinski definition) is 5. The molecule has 198 valence electrons. The number of rotatable bonds is 13. The first-order valence-corrected chi connectivity index (χ1v) is 13.2. The highest BCUT2D eigenvalue weighted by molar-refractivity contribution is 6.05. The molecule has 3 aromatic rings. The van der Waals surface area contributed by atoms with Crippen LogP contribution in [0.25, 0.3) is 11.0 Å². The second-order valence-electron chi connectivity index (χ2n) is 9.95. The lowest BCUT2D eigenvalue weighted by molar-refractivity contribution is 0.101. The van der Waals surface area contributed by atoms with E-state index in [0.29, 0.717) is 35.9 Å². The third-order valence-corrected chi connectivity index (χ3v) is 5.72. The van der Waals surface area contributed by atoms with Crippen molar-refractivity contribution in [1.29, 1.82) is 0 Å². The summed E-state index contributed by atoms with van der Waals surface area (Å²) < 4.78 is 23.2. The second kappa shape index (κ2) is 14.7. The number of hydrogen-bond donors (Lipinski definition) is 0. The van der Waals surface area contributed by atoms with Crippen LogP contribution in [0.3, 0.4) is 0 Å². The molecule has 1 heterocycles. The molecule has 0 unspecified atom stereocenters. The first-order chi connectivity index (χ1) is 17.3. The van der Waals surface area contributed by atoms with E-state index in [2.05, 4.69) is 52.0 Å². The first-order valence-electron chi connectivity index (χ1n) is 13.2. The van der Waals surface area contributed by atoms with Crippen molar-refractivity contribution in [2.75, 3.05) is 26.4 Å². The van der Waals surface area contributed by atoms with Gasteiger partial charge in [-0.15, -0.1) is 0 Å². The molecule has 36 heavy (non-hydrogen) atoms. The van der Waals surface area contributed by atoms with Crippen LogP contribution in [0, 0.1) is 12.3 Å². The van der Waals surface area contributed by atoms with Crippen molar-refractivity contribution in [3.05, 3.63) is 59.4 Å². The Bertz CT molecular complexity index is 1060. The zero-order valence-electron chi connectivity index (χ0n) is 23.2. The number of carbonyl (C=O) groups is 1. The van der Waals surface area contributed by atoms with Crippen molar-refractivity contribution in [1.82, 2.24) is 0 Å². The van der Waals surface area contributed by atoms with E-state index < -0.39 is 0 Å². The lowest BCUT2D eigenvalue weighted by Crippen LogP contribution is -2.24. The van der Waals surface area contributed by atoms with Crippen molar-refractivity contribution in [2.45, 2.75) is 74.1 Å². The van der Waals surface area contributed by atoms with Gasteiger partial charge in [-0.2, -0.15) is 0 Å². The Balaban J connectivity index is 0.000000572. The standard InChI is InChI=1S/C25H30O4.C6H14O/c1-6-13-27-23-21(18(3)26)17(2)20-12-14-28-22(20)24(23)29-16-25(4,5)15-19-10-8-7-9-11-19;1-3-5-7-6-4-2/h7-12,14H,6,13,15-16H2,1-5H3;3-6H2,1-2H3. The predicted molar refractivity (Wildman–Crippen MR) is 148 cm³/mol. The Kier molecular flexibility index (Phi) is 12.0. The van der Waals surface area contributed by atoms with E-state index in [1.165, 1.54) is 5.56 Å². The van der Waals surface area contributed by atoms with Crippen LogP contribution in [-0.2, 0) is 11.2 Å². The molecule has 0 radical (unpaired) electrons. The molecule has 0 saturated carbocycles. The maximum Gasteiger partial charge on any atom is 0.205 e. The summed E-state index contributed by atoms with van der Waals surface area (Å²) in [4.78, 5) is 12.4. The number of Topliss-reactive ketones (excluding diaryl/α,β-unsaturated/α-hetero) is 1. The van der Waals surface area contributed by atoms with Gasteiger partial charge >= 0.3 is 0 Å². The summed E-state index contributed by atoms with van der Waals surface area (Å²) >= 11 is 0. The van der Waals surface area contributed by atoms with Gasteiger partial charge in [-0.3, -0.25) is 4.79 Å². The van der Waals surface area contributed by atoms with Crippen molar-refractivity contribution in [3.63, 3.8) is 0 Å². The minimum atomic E-state index is -0.108. The van der Waals surface area contributed by atoms with Crippen LogP contribution >= 0.6 is 0 Å². The first kappa shape index (κ1) is 29.4. The van der Waals surface area contributed by atoms with Crippen molar-refractivity contribution in [3.8, 4) is 11.5 Å². The van der Waals surface area contributed by atoms with Crippen LogP contribution in [0.1, 0.15) is 82.3 Å². The normalized spacial score (nSPS) is 11.2. The molecule has 0 bridgehead atoms. The van der Waals surface area contributed by atoms with Crippen LogP contribution in [-0.4, -0.2) is 32.2 Å². The molecule has 0 fully saturated rings. The molecule has 0 aliphatic rings. The molecule has 2 aromatic carbocycles. The molecule has 0 amide bonds. The molecule has 0 spiro atoms. The Hall–Kier alpha value is -2.79. The topological polar surface area (TPSA) is 57.9 Å². The number of benzene rings is 2. The number of furan rings is 1. The molecule has 0 N–H and O–H groups in total. The molecule has 0 aliphatic heterocycles. The maximum absolute atomic E-state index is 12.4. The van der Waals surface area contributed by atoms with Crippen molar-refractivity contribution < 1.29 is 23.4 Å². The molecule has 1 aromatic heterocycles. The van der Waals surface area contributed by atoms with Crippen LogP contribution in [0.4, 0.5) is 0 Å². The number of ether oxygens (including phenoxy) is 3. The van der Waals surface area contributed by atoms with Gasteiger partial charge in [-0.1, -0.05) is 65.0 Å². The van der Waals surface area contributed by atoms with E-state index in [4.69, 9.17) is 18.6 Å². The zero-order valence-corrected chi connectivity index (χ0v) is 23.2. The summed E-state index contributed by atoms with van der Waals surface area (Å²) in [5.74, 6) is 0.982. The summed E-state index contributed by atoms with van der Waals surface area (Å²) in [7, 11) is 0. The fraction of sp³-hybridized carbons (Fsp3) is 0.516. The van der Waals surface area contributed by atoms with E-state index >= 15 is 0 Å². The summed E-state index contributed by atoms with van der Waals surface area (Å²) in [6, 6.07) is 12.3. The molecule has 0 aliphatic carbocycles. The quantitative estimate of drug-likeness (QED) is 0.176. The molecule has 0 atom stereocenters. The van der Waals surface area contributed by atoms with Crippen LogP contribution in [0.5, 0.6) is 11.5 Å².